The molecule has 240 valence electrons. The molecule has 0 aliphatic heterocycles. The highest BCUT2D eigenvalue weighted by atomic mass is 16.4. The lowest BCUT2D eigenvalue weighted by molar-refractivity contribution is -0.142. The average Bonchev–Trinajstić information content (AvgIpc) is 2.98. The van der Waals surface area contributed by atoms with E-state index in [0.29, 0.717) is 17.5 Å². The summed E-state index contributed by atoms with van der Waals surface area (Å²) in [6.07, 6.45) is 0.882. The lowest BCUT2D eigenvalue weighted by Gasteiger charge is -2.26. The summed E-state index contributed by atoms with van der Waals surface area (Å²) in [6.45, 7) is 3.86. The summed E-state index contributed by atoms with van der Waals surface area (Å²) in [7, 11) is 0. The number of hydrogen-bond acceptors (Lipinski definition) is 8. The summed E-state index contributed by atoms with van der Waals surface area (Å²) in [5.41, 5.74) is 17.9. The van der Waals surface area contributed by atoms with E-state index in [0.717, 1.165) is 0 Å². The Kier molecular flexibility index (Phi) is 13.9. The van der Waals surface area contributed by atoms with Crippen molar-refractivity contribution in [3.8, 4) is 11.5 Å². The second-order valence-electron chi connectivity index (χ2n) is 10.6. The van der Waals surface area contributed by atoms with Crippen LogP contribution in [0, 0.1) is 5.92 Å². The Morgan fingerprint density at radius 2 is 1.20 bits per heavy atom. The number of carbonyl (C=O) groups excluding carboxylic acids is 3. The normalized spacial score (nSPS) is 14.2. The molecule has 5 atom stereocenters. The molecule has 0 heterocycles. The van der Waals surface area contributed by atoms with Crippen LogP contribution in [0.3, 0.4) is 0 Å². The van der Waals surface area contributed by atoms with Crippen LogP contribution in [-0.4, -0.2) is 75.7 Å². The zero-order chi connectivity index (χ0) is 32.8. The van der Waals surface area contributed by atoms with Crippen molar-refractivity contribution < 1.29 is 34.5 Å². The summed E-state index contributed by atoms with van der Waals surface area (Å²) in [5, 5.41) is 36.9. The molecule has 0 aliphatic rings. The van der Waals surface area contributed by atoms with Crippen molar-refractivity contribution in [2.45, 2.75) is 70.1 Å². The number of guanidine groups is 1. The van der Waals surface area contributed by atoms with Gasteiger partial charge in [-0.25, -0.2) is 4.79 Å². The van der Waals surface area contributed by atoms with Crippen molar-refractivity contribution in [1.82, 2.24) is 16.0 Å². The number of nitrogens with two attached hydrogens (primary N) is 3. The van der Waals surface area contributed by atoms with E-state index in [1.807, 2.05) is 13.8 Å². The number of carboxylic acid groups (broad SMARTS) is 1. The monoisotopic (exact) mass is 613 g/mol. The van der Waals surface area contributed by atoms with E-state index in [9.17, 15) is 34.5 Å². The van der Waals surface area contributed by atoms with Gasteiger partial charge in [0.15, 0.2) is 5.96 Å². The van der Waals surface area contributed by atoms with Crippen molar-refractivity contribution >= 4 is 29.7 Å². The first-order valence-corrected chi connectivity index (χ1v) is 14.3. The van der Waals surface area contributed by atoms with Crippen molar-refractivity contribution in [3.05, 3.63) is 59.7 Å². The Labute approximate surface area is 256 Å². The number of nitrogens with zero attached hydrogens (tertiary/aromatic N) is 1. The van der Waals surface area contributed by atoms with Gasteiger partial charge in [-0.1, -0.05) is 44.5 Å². The molecule has 14 nitrogen and oxygen atoms in total. The maximum Gasteiger partial charge on any atom is 0.326 e. The van der Waals surface area contributed by atoms with Crippen molar-refractivity contribution in [1.29, 1.82) is 0 Å². The molecule has 0 spiro atoms. The molecular weight excluding hydrogens is 570 g/mol. The summed E-state index contributed by atoms with van der Waals surface area (Å²) < 4.78 is 0. The molecule has 0 aliphatic carbocycles. The molecule has 2 aromatic carbocycles. The largest absolute Gasteiger partial charge is 0.508 e. The zero-order valence-electron chi connectivity index (χ0n) is 24.9. The molecule has 5 unspecified atom stereocenters. The van der Waals surface area contributed by atoms with Crippen LogP contribution < -0.4 is 33.2 Å². The van der Waals surface area contributed by atoms with Gasteiger partial charge in [0, 0.05) is 19.4 Å². The van der Waals surface area contributed by atoms with E-state index >= 15 is 0 Å². The molecule has 12 N–H and O–H groups in total. The molecule has 14 heteroatoms. The quantitative estimate of drug-likeness (QED) is 0.0647. The fourth-order valence-corrected chi connectivity index (χ4v) is 4.24. The predicted octanol–water partition coefficient (Wildman–Crippen LogP) is -0.151. The first kappa shape index (κ1) is 35.3. The highest BCUT2D eigenvalue weighted by Crippen LogP contribution is 2.15. The van der Waals surface area contributed by atoms with Gasteiger partial charge in [0.2, 0.25) is 17.7 Å². The molecule has 3 amide bonds. The van der Waals surface area contributed by atoms with Gasteiger partial charge in [0.1, 0.15) is 29.6 Å². The number of benzene rings is 2. The molecule has 2 rings (SSSR count). The van der Waals surface area contributed by atoms with E-state index in [4.69, 9.17) is 17.2 Å². The highest BCUT2D eigenvalue weighted by Gasteiger charge is 2.31. The van der Waals surface area contributed by atoms with E-state index in [-0.39, 0.29) is 55.6 Å². The van der Waals surface area contributed by atoms with Crippen LogP contribution in [0.25, 0.3) is 0 Å². The molecule has 0 radical (unpaired) electrons. The van der Waals surface area contributed by atoms with Gasteiger partial charge in [-0.15, -0.1) is 0 Å². The second-order valence-corrected chi connectivity index (χ2v) is 10.6. The lowest BCUT2D eigenvalue weighted by atomic mass is 9.98. The van der Waals surface area contributed by atoms with Crippen molar-refractivity contribution in [2.75, 3.05) is 6.54 Å². The second kappa shape index (κ2) is 17.3. The standard InChI is InChI=1S/C30H43N7O7/c1-3-17(2)25(31)28(42)37-24(16-19-8-12-21(39)13-9-19)27(41)36-23(15-18-6-10-20(38)11-7-18)26(40)35-22(29(43)44)5-4-14-34-30(32)33/h6-13,17,22-25,38-39H,3-5,14-16,31H2,1-2H3,(H,35,40)(H,36,41)(H,37,42)(H,43,44)(H4,32,33,34). The van der Waals surface area contributed by atoms with Crippen LogP contribution in [0.2, 0.25) is 0 Å². The molecule has 2 aromatic rings. The molecule has 0 bridgehead atoms. The minimum atomic E-state index is -1.29. The number of carboxylic acids is 1. The molecule has 0 saturated heterocycles. The van der Waals surface area contributed by atoms with Crippen LogP contribution >= 0.6 is 0 Å². The van der Waals surface area contributed by atoms with Gasteiger partial charge < -0.3 is 48.5 Å². The topological polar surface area (TPSA) is 255 Å². The SMILES string of the molecule is CCC(C)C(N)C(=O)NC(Cc1ccc(O)cc1)C(=O)NC(Cc1ccc(O)cc1)C(=O)NC(CCCN=C(N)N)C(=O)O. The van der Waals surface area contributed by atoms with E-state index in [2.05, 4.69) is 20.9 Å². The maximum atomic E-state index is 13.7. The predicted molar refractivity (Wildman–Crippen MR) is 164 cm³/mol. The Morgan fingerprint density at radius 3 is 1.61 bits per heavy atom. The fourth-order valence-electron chi connectivity index (χ4n) is 4.24. The third-order valence-electron chi connectivity index (χ3n) is 7.14. The van der Waals surface area contributed by atoms with Crippen molar-refractivity contribution in [3.63, 3.8) is 0 Å². The smallest absolute Gasteiger partial charge is 0.326 e. The molecule has 44 heavy (non-hydrogen) atoms. The number of carbonyl (C=O) groups is 4. The first-order chi connectivity index (χ1) is 20.8. The fraction of sp³-hybridized carbons (Fsp3) is 0.433. The van der Waals surface area contributed by atoms with Crippen LogP contribution in [0.4, 0.5) is 0 Å². The number of aromatic hydroxyl groups is 2. The van der Waals surface area contributed by atoms with Crippen LogP contribution in [0.15, 0.2) is 53.5 Å². The maximum absolute atomic E-state index is 13.7. The molecule has 0 aromatic heterocycles. The third kappa shape index (κ3) is 11.8. The van der Waals surface area contributed by atoms with Crippen LogP contribution in [0.1, 0.15) is 44.2 Å². The Bertz CT molecular complexity index is 1280. The summed E-state index contributed by atoms with van der Waals surface area (Å²) in [5.74, 6) is -3.60. The number of phenols is 2. The Balaban J connectivity index is 2.33. The van der Waals surface area contributed by atoms with Crippen LogP contribution in [-0.2, 0) is 32.0 Å². The lowest BCUT2D eigenvalue weighted by Crippen LogP contribution is -2.58. The highest BCUT2D eigenvalue weighted by molar-refractivity contribution is 5.94. The minimum absolute atomic E-state index is 0.000163. The average molecular weight is 614 g/mol. The number of hydrogen-bond donors (Lipinski definition) is 9. The third-order valence-corrected chi connectivity index (χ3v) is 7.14. The summed E-state index contributed by atoms with van der Waals surface area (Å²) in [6, 6.07) is 7.43. The zero-order valence-corrected chi connectivity index (χ0v) is 24.9. The number of amides is 3. The Morgan fingerprint density at radius 1 is 0.773 bits per heavy atom. The minimum Gasteiger partial charge on any atom is -0.508 e. The summed E-state index contributed by atoms with van der Waals surface area (Å²) in [4.78, 5) is 55.8. The number of rotatable bonds is 17. The van der Waals surface area contributed by atoms with Gasteiger partial charge >= 0.3 is 5.97 Å². The first-order valence-electron chi connectivity index (χ1n) is 14.3. The van der Waals surface area contributed by atoms with Crippen molar-refractivity contribution in [2.24, 2.45) is 28.1 Å². The van der Waals surface area contributed by atoms with E-state index in [1.165, 1.54) is 24.3 Å². The number of phenolic OH excluding ortho intramolecular Hbond substituents is 2. The van der Waals surface area contributed by atoms with Crippen LogP contribution in [0.5, 0.6) is 11.5 Å². The van der Waals surface area contributed by atoms with Gasteiger partial charge in [0.05, 0.1) is 6.04 Å². The van der Waals surface area contributed by atoms with Gasteiger partial charge in [0.25, 0.3) is 0 Å². The summed E-state index contributed by atoms with van der Waals surface area (Å²) >= 11 is 0. The molecular formula is C30H43N7O7. The number of aliphatic carboxylic acids is 1. The van der Waals surface area contributed by atoms with E-state index in [1.54, 1.807) is 24.3 Å². The Hall–Kier alpha value is -4.85. The van der Waals surface area contributed by atoms with Gasteiger partial charge in [-0.2, -0.15) is 0 Å². The van der Waals surface area contributed by atoms with Gasteiger partial charge in [-0.05, 0) is 54.2 Å². The number of aliphatic imine (C=N–C) groups is 1. The van der Waals surface area contributed by atoms with Gasteiger partial charge in [-0.3, -0.25) is 19.4 Å². The van der Waals surface area contributed by atoms with E-state index < -0.39 is 47.9 Å². The number of nitrogens with one attached hydrogen (secondary N) is 3. The molecule has 0 saturated carbocycles. The molecule has 0 fully saturated rings.